The van der Waals surface area contributed by atoms with Crippen LogP contribution in [-0.4, -0.2) is 175 Å². The molecule has 2 aromatic carbocycles. The molecule has 2 atom stereocenters. The number of nitrogens with two attached hydrogens (primary N) is 2. The van der Waals surface area contributed by atoms with Gasteiger partial charge in [0.25, 0.3) is 0 Å². The summed E-state index contributed by atoms with van der Waals surface area (Å²) in [6.45, 7) is 6.83. The molecule has 0 aliphatic carbocycles. The van der Waals surface area contributed by atoms with Crippen LogP contribution >= 0.6 is 0 Å². The molecule has 0 saturated carbocycles. The molecule has 19 nitrogen and oxygen atoms in total. The number of hydrogen-bond donors (Lipinski definition) is 4. The van der Waals surface area contributed by atoms with Gasteiger partial charge < -0.3 is 45.8 Å². The topological polar surface area (TPSA) is 224 Å². The summed E-state index contributed by atoms with van der Waals surface area (Å²) < 4.78 is 33.1. The van der Waals surface area contributed by atoms with Gasteiger partial charge in [0.1, 0.15) is 46.4 Å². The molecule has 4 aliphatic rings. The minimum atomic E-state index is -0.773. The van der Waals surface area contributed by atoms with Gasteiger partial charge in [0, 0.05) is 89.7 Å². The average molecular weight is 863 g/mol. The van der Waals surface area contributed by atoms with Crippen molar-refractivity contribution in [2.45, 2.75) is 24.9 Å². The van der Waals surface area contributed by atoms with E-state index in [1.807, 2.05) is 9.80 Å². The molecule has 0 spiro atoms. The fourth-order valence-corrected chi connectivity index (χ4v) is 9.25. The Labute approximate surface area is 360 Å². The number of hydrogen-bond acceptors (Lipinski definition) is 15. The van der Waals surface area contributed by atoms with Crippen LogP contribution < -0.4 is 21.3 Å². The predicted octanol–water partition coefficient (Wildman–Crippen LogP) is 1.96. The third-order valence-corrected chi connectivity index (χ3v) is 12.5. The number of imidazole rings is 2. The van der Waals surface area contributed by atoms with E-state index >= 15 is 4.79 Å². The average Bonchev–Trinajstić information content (AvgIpc) is 4.10. The first-order valence-electron chi connectivity index (χ1n) is 21.4. The molecule has 63 heavy (non-hydrogen) atoms. The Balaban J connectivity index is 0.933. The molecular weight excluding hydrogens is 815 g/mol. The number of halogens is 2. The number of nitrogens with one attached hydrogen (secondary N) is 2. The third kappa shape index (κ3) is 8.02. The van der Waals surface area contributed by atoms with Crippen LogP contribution in [0.25, 0.3) is 45.1 Å². The number of benzene rings is 2. The smallest absolute Gasteiger partial charge is 0.242 e. The second-order valence-electron chi connectivity index (χ2n) is 16.3. The lowest BCUT2D eigenvalue weighted by Gasteiger charge is -2.48. The number of morpholine rings is 1. The quantitative estimate of drug-likeness (QED) is 0.163. The van der Waals surface area contributed by atoms with Crippen molar-refractivity contribution in [1.82, 2.24) is 59.5 Å². The molecule has 4 fully saturated rings. The van der Waals surface area contributed by atoms with Gasteiger partial charge in [-0.15, -0.1) is 0 Å². The van der Waals surface area contributed by atoms with Gasteiger partial charge in [-0.25, -0.2) is 18.7 Å². The van der Waals surface area contributed by atoms with Crippen LogP contribution in [0.15, 0.2) is 48.5 Å². The van der Waals surface area contributed by atoms with Crippen LogP contribution in [0.3, 0.4) is 0 Å². The minimum Gasteiger partial charge on any atom is -0.378 e. The van der Waals surface area contributed by atoms with Crippen molar-refractivity contribution < 1.29 is 23.1 Å². The third-order valence-electron chi connectivity index (χ3n) is 12.5. The number of nitrogen functional groups attached to an aromatic ring is 2. The maximum absolute atomic E-state index is 15.0. The molecule has 328 valence electrons. The maximum Gasteiger partial charge on any atom is 0.242 e. The summed E-state index contributed by atoms with van der Waals surface area (Å²) in [7, 11) is 0. The number of H-pyrrole nitrogens is 2. The van der Waals surface area contributed by atoms with E-state index in [0.29, 0.717) is 148 Å². The highest BCUT2D eigenvalue weighted by molar-refractivity contribution is 5.93. The zero-order chi connectivity index (χ0) is 43.2. The van der Waals surface area contributed by atoms with Crippen molar-refractivity contribution in [3.63, 3.8) is 0 Å². The van der Waals surface area contributed by atoms with E-state index in [0.717, 1.165) is 12.8 Å². The lowest BCUT2D eigenvalue weighted by Crippen LogP contribution is -2.68. The molecular formula is C42H48F2N16O3. The van der Waals surface area contributed by atoms with Crippen LogP contribution in [0.2, 0.25) is 0 Å². The number of carbonyl (C=O) groups is 2. The molecule has 4 saturated heterocycles. The molecule has 4 aromatic heterocycles. The Hall–Kier alpha value is -6.58. The van der Waals surface area contributed by atoms with Crippen LogP contribution in [0.4, 0.5) is 32.3 Å². The number of amides is 2. The van der Waals surface area contributed by atoms with Gasteiger partial charge in [0.05, 0.1) is 13.2 Å². The first kappa shape index (κ1) is 40.5. The lowest BCUT2D eigenvalue weighted by molar-refractivity contribution is -0.152. The van der Waals surface area contributed by atoms with Crippen molar-refractivity contribution in [1.29, 1.82) is 0 Å². The molecule has 0 bridgehead atoms. The highest BCUT2D eigenvalue weighted by Gasteiger charge is 2.47. The number of likely N-dealkylation sites (tertiary alicyclic amines) is 1. The van der Waals surface area contributed by atoms with E-state index in [9.17, 15) is 13.6 Å². The van der Waals surface area contributed by atoms with E-state index in [1.54, 1.807) is 24.3 Å². The first-order valence-corrected chi connectivity index (χ1v) is 21.4. The number of piperazine rings is 2. The Kier molecular flexibility index (Phi) is 10.9. The molecule has 6 N–H and O–H groups in total. The molecule has 2 amide bonds. The molecule has 0 radical (unpaired) electrons. The van der Waals surface area contributed by atoms with Crippen molar-refractivity contribution in [2.75, 3.05) is 113 Å². The number of aromatic amines is 2. The standard InChI is InChI=1S/C42H48F2N16O3/c43-27-7-3-25(4-8-27)33-47-29-35(49-33)51-41(45)53-37(29)57-17-13-55(14-18-57)31(39(61)59-11-1-2-12-59)32(40(62)60-21-23-63-24-22-60)56-15-19-58(20-16-56)38-30-36(52-42(46)54-38)50-34(48-30)26-5-9-28(44)10-6-26/h3-10,31-32H,1-2,11-24H2,(H3,45,47,49,51,53)(H3,46,48,50,52,54). The zero-order valence-corrected chi connectivity index (χ0v) is 34.6. The zero-order valence-electron chi connectivity index (χ0n) is 34.6. The first-order chi connectivity index (χ1) is 30.7. The lowest BCUT2D eigenvalue weighted by atomic mass is 9.98. The Morgan fingerprint density at radius 3 is 1.35 bits per heavy atom. The highest BCUT2D eigenvalue weighted by Crippen LogP contribution is 2.32. The largest absolute Gasteiger partial charge is 0.378 e. The fourth-order valence-electron chi connectivity index (χ4n) is 9.25. The number of ether oxygens (including phenoxy) is 1. The summed E-state index contributed by atoms with van der Waals surface area (Å²) in [5.41, 5.74) is 15.8. The van der Waals surface area contributed by atoms with E-state index in [4.69, 9.17) is 16.2 Å². The van der Waals surface area contributed by atoms with Gasteiger partial charge in [-0.05, 0) is 61.4 Å². The molecule has 6 aromatic rings. The second kappa shape index (κ2) is 16.9. The van der Waals surface area contributed by atoms with Crippen molar-refractivity contribution in [3.8, 4) is 22.8 Å². The predicted molar refractivity (Wildman–Crippen MR) is 231 cm³/mol. The van der Waals surface area contributed by atoms with Gasteiger partial charge >= 0.3 is 0 Å². The van der Waals surface area contributed by atoms with Gasteiger partial charge in [0.15, 0.2) is 22.9 Å². The summed E-state index contributed by atoms with van der Waals surface area (Å²) >= 11 is 0. The molecule has 2 unspecified atom stereocenters. The van der Waals surface area contributed by atoms with Gasteiger partial charge in [0.2, 0.25) is 23.7 Å². The van der Waals surface area contributed by atoms with Crippen LogP contribution in [-0.2, 0) is 14.3 Å². The van der Waals surface area contributed by atoms with Crippen molar-refractivity contribution >= 4 is 57.7 Å². The fraction of sp³-hybridized carbons (Fsp3) is 0.429. The summed E-state index contributed by atoms with van der Waals surface area (Å²) in [6, 6.07) is 10.5. The van der Waals surface area contributed by atoms with Gasteiger partial charge in [-0.1, -0.05) is 0 Å². The number of aromatic nitrogens is 8. The maximum atomic E-state index is 15.0. The number of anilines is 4. The number of nitrogens with zero attached hydrogens (tertiary/aromatic N) is 12. The summed E-state index contributed by atoms with van der Waals surface area (Å²) in [5, 5.41) is 0. The van der Waals surface area contributed by atoms with Crippen molar-refractivity contribution in [3.05, 3.63) is 60.2 Å². The second-order valence-corrected chi connectivity index (χ2v) is 16.3. The molecule has 10 rings (SSSR count). The Morgan fingerprint density at radius 1 is 0.540 bits per heavy atom. The minimum absolute atomic E-state index is 0.0442. The van der Waals surface area contributed by atoms with Gasteiger partial charge in [-0.3, -0.25) is 19.4 Å². The Morgan fingerprint density at radius 2 is 0.937 bits per heavy atom. The van der Waals surface area contributed by atoms with E-state index in [2.05, 4.69) is 59.5 Å². The Bertz CT molecular complexity index is 2610. The summed E-state index contributed by atoms with van der Waals surface area (Å²) in [4.78, 5) is 76.2. The van der Waals surface area contributed by atoms with Crippen LogP contribution in [0.1, 0.15) is 12.8 Å². The van der Waals surface area contributed by atoms with E-state index in [1.165, 1.54) is 24.3 Å². The molecule has 21 heteroatoms. The highest BCUT2D eigenvalue weighted by atomic mass is 19.1. The van der Waals surface area contributed by atoms with E-state index < -0.39 is 12.1 Å². The number of carbonyl (C=O) groups excluding carboxylic acids is 2. The van der Waals surface area contributed by atoms with Crippen LogP contribution in [0, 0.1) is 11.6 Å². The van der Waals surface area contributed by atoms with Gasteiger partial charge in [-0.2, -0.15) is 19.9 Å². The van der Waals surface area contributed by atoms with Crippen molar-refractivity contribution in [2.24, 2.45) is 0 Å². The number of fused-ring (bicyclic) bond motifs is 2. The molecule has 8 heterocycles. The van der Waals surface area contributed by atoms with E-state index in [-0.39, 0.29) is 35.3 Å². The number of rotatable bonds is 9. The van der Waals surface area contributed by atoms with Crippen LogP contribution in [0.5, 0.6) is 0 Å². The normalized spacial score (nSPS) is 19.0. The summed E-state index contributed by atoms with van der Waals surface area (Å²) in [6.07, 6.45) is 1.82. The monoisotopic (exact) mass is 862 g/mol. The summed E-state index contributed by atoms with van der Waals surface area (Å²) in [5.74, 6) is 1.49. The SMILES string of the molecule is Nc1nc(N2CCN(C(C(=O)N3CCCC3)C(C(=O)N3CCOCC3)N3CCN(c4nc(N)nc5nc(-c6ccc(F)cc6)[nH]c45)CC3)CC2)c2[nH]c(-c3ccc(F)cc3)nc2n1. The molecule has 4 aliphatic heterocycles.